The van der Waals surface area contributed by atoms with Gasteiger partial charge in [0.05, 0.1) is 6.04 Å². The lowest BCUT2D eigenvalue weighted by atomic mass is 9.89. The second-order valence-electron chi connectivity index (χ2n) is 13.8. The molecule has 0 bridgehead atoms. The van der Waals surface area contributed by atoms with Crippen LogP contribution in [0.3, 0.4) is 0 Å². The fraction of sp³-hybridized carbons (Fsp3) is 0.658. The van der Waals surface area contributed by atoms with Gasteiger partial charge in [-0.05, 0) is 102 Å². The van der Waals surface area contributed by atoms with Crippen molar-refractivity contribution in [3.05, 3.63) is 46.6 Å². The van der Waals surface area contributed by atoms with Gasteiger partial charge in [-0.25, -0.2) is 9.94 Å². The molecule has 0 radical (unpaired) electrons. The molecule has 49 heavy (non-hydrogen) atoms. The summed E-state index contributed by atoms with van der Waals surface area (Å²) in [6, 6.07) is 8.67. The average Bonchev–Trinajstić information content (AvgIpc) is 4.09. The number of rotatable bonds is 5. The minimum atomic E-state index is -0.0140. The van der Waals surface area contributed by atoms with Crippen LogP contribution in [-0.2, 0) is 16.0 Å². The zero-order chi connectivity index (χ0) is 34.2. The monoisotopic (exact) mass is 675 g/mol. The van der Waals surface area contributed by atoms with Gasteiger partial charge in [0.1, 0.15) is 5.82 Å². The second-order valence-corrected chi connectivity index (χ2v) is 13.8. The molecular formula is C38H57N7O4. The number of ether oxygens (including phenoxy) is 1. The molecule has 4 aliphatic heterocycles. The van der Waals surface area contributed by atoms with Crippen molar-refractivity contribution in [1.29, 1.82) is 5.26 Å². The molecule has 1 aromatic carbocycles. The number of fused-ring (bicyclic) bond motifs is 2. The number of nitrogens with one attached hydrogen (secondary N) is 1. The van der Waals surface area contributed by atoms with Crippen molar-refractivity contribution >= 4 is 23.5 Å². The van der Waals surface area contributed by atoms with Crippen molar-refractivity contribution in [3.8, 4) is 6.57 Å². The smallest absolute Gasteiger partial charge is 0.274 e. The van der Waals surface area contributed by atoms with Crippen LogP contribution in [0.5, 0.6) is 0 Å². The van der Waals surface area contributed by atoms with Crippen LogP contribution in [0.25, 0.3) is 0 Å². The molecule has 0 spiro atoms. The molecular weight excluding hydrogens is 618 g/mol. The molecule has 5 fully saturated rings. The lowest BCUT2D eigenvalue weighted by Crippen LogP contribution is -2.37. The zero-order valence-corrected chi connectivity index (χ0v) is 29.0. The Kier molecular flexibility index (Phi) is 13.8. The van der Waals surface area contributed by atoms with Crippen LogP contribution in [0.2, 0.25) is 0 Å². The highest BCUT2D eigenvalue weighted by molar-refractivity contribution is 6.01. The van der Waals surface area contributed by atoms with E-state index < -0.39 is 0 Å². The number of piperidine rings is 2. The predicted octanol–water partition coefficient (Wildman–Crippen LogP) is 5.57. The van der Waals surface area contributed by atoms with Crippen molar-refractivity contribution in [2.75, 3.05) is 58.4 Å². The number of likely N-dealkylation sites (tertiary alicyclic amines) is 2. The first-order chi connectivity index (χ1) is 23.4. The van der Waals surface area contributed by atoms with Crippen LogP contribution in [0.15, 0.2) is 24.3 Å². The van der Waals surface area contributed by atoms with Gasteiger partial charge in [0.15, 0.2) is 5.69 Å². The average molecular weight is 676 g/mol. The summed E-state index contributed by atoms with van der Waals surface area (Å²) in [5, 5.41) is 14.0. The molecule has 2 saturated carbocycles. The summed E-state index contributed by atoms with van der Waals surface area (Å²) < 4.78 is 7.48. The van der Waals surface area contributed by atoms with Crippen LogP contribution in [0.4, 0.5) is 5.82 Å². The molecule has 6 aliphatic rings. The molecule has 2 atom stereocenters. The minimum absolute atomic E-state index is 0. The Morgan fingerprint density at radius 1 is 0.980 bits per heavy atom. The third kappa shape index (κ3) is 9.08. The van der Waals surface area contributed by atoms with E-state index in [1.165, 1.54) is 50.8 Å². The summed E-state index contributed by atoms with van der Waals surface area (Å²) in [4.78, 5) is 43.4. The maximum absolute atomic E-state index is 13.3. The molecule has 11 nitrogen and oxygen atoms in total. The summed E-state index contributed by atoms with van der Waals surface area (Å²) in [5.74, 6) is 2.43. The molecule has 1 N–H and O–H groups in total. The maximum atomic E-state index is 13.3. The number of aromatic nitrogens is 2. The first kappa shape index (κ1) is 38.1. The number of anilines is 1. The molecule has 3 saturated heterocycles. The van der Waals surface area contributed by atoms with Crippen LogP contribution in [0, 0.1) is 17.8 Å². The predicted molar refractivity (Wildman–Crippen MR) is 192 cm³/mol. The summed E-state index contributed by atoms with van der Waals surface area (Å²) in [7, 11) is 3.83. The van der Waals surface area contributed by atoms with Gasteiger partial charge < -0.3 is 19.9 Å². The second kappa shape index (κ2) is 17.8. The van der Waals surface area contributed by atoms with Gasteiger partial charge in [0.25, 0.3) is 11.8 Å². The summed E-state index contributed by atoms with van der Waals surface area (Å²) in [6.45, 7) is 10.7. The van der Waals surface area contributed by atoms with Gasteiger partial charge in [0.2, 0.25) is 5.91 Å². The standard InChI is InChI=1S/C19H26N4O3.C14H20N2O.C3H6.CHN.CH4/c1-2-21-16(24)4-3-14-17(19(25)22-8-5-12-11-15(12)22)20-23(18(14)21)13-6-9-26-10-7-13;1-15-14(17)13-5-3-11(4-6-13)12-7-9-16(2)10-8-12;1-2-3-1;1-2;/h12-13,15H,2-11H2,1H3;3-6,12H,7-10H2,1-2H3,(H,15,17);1-3H2;1H;1H4. The molecule has 1 aromatic heterocycles. The summed E-state index contributed by atoms with van der Waals surface area (Å²) >= 11 is 0. The van der Waals surface area contributed by atoms with Gasteiger partial charge in [-0.15, -0.1) is 0 Å². The summed E-state index contributed by atoms with van der Waals surface area (Å²) in [5.41, 5.74) is 3.67. The number of nitriles is 1. The van der Waals surface area contributed by atoms with Gasteiger partial charge in [-0.3, -0.25) is 19.3 Å². The fourth-order valence-corrected chi connectivity index (χ4v) is 7.32. The van der Waals surface area contributed by atoms with E-state index in [2.05, 4.69) is 36.0 Å². The van der Waals surface area contributed by atoms with Crippen molar-refractivity contribution in [2.24, 2.45) is 5.92 Å². The Labute approximate surface area is 292 Å². The zero-order valence-electron chi connectivity index (χ0n) is 29.0. The maximum Gasteiger partial charge on any atom is 0.274 e. The fourth-order valence-electron chi connectivity index (χ4n) is 7.32. The number of carbonyl (C=O) groups is 3. The van der Waals surface area contributed by atoms with Gasteiger partial charge >= 0.3 is 0 Å². The van der Waals surface area contributed by atoms with E-state index in [1.54, 1.807) is 7.05 Å². The molecule has 8 rings (SSSR count). The molecule has 3 amide bonds. The number of nitrogens with zero attached hydrogens (tertiary/aromatic N) is 6. The number of carbonyl (C=O) groups excluding carboxylic acids is 3. The van der Waals surface area contributed by atoms with Crippen molar-refractivity contribution in [1.82, 2.24) is 24.9 Å². The quantitative estimate of drug-likeness (QED) is 0.440. The molecule has 11 heteroatoms. The normalized spacial score (nSPS) is 22.8. The van der Waals surface area contributed by atoms with Crippen LogP contribution in [0.1, 0.15) is 122 Å². The van der Waals surface area contributed by atoms with E-state index in [-0.39, 0.29) is 31.2 Å². The highest BCUT2D eigenvalue weighted by atomic mass is 16.5. The Hall–Kier alpha value is -3.75. The lowest BCUT2D eigenvalue weighted by molar-refractivity contribution is -0.118. The SMILES string of the molecule is C.C#N.C1CC1.CCN1C(=O)CCc2c(C(=O)N3CCC4CC43)nn(C3CCOCC3)c21.CNC(=O)c1ccc(C2CCN(C)CC2)cc1. The summed E-state index contributed by atoms with van der Waals surface area (Å²) in [6.07, 6.45) is 12.0. The van der Waals surface area contributed by atoms with Gasteiger partial charge in [-0.2, -0.15) is 5.10 Å². The Morgan fingerprint density at radius 2 is 1.63 bits per heavy atom. The molecule has 2 aromatic rings. The molecule has 2 aliphatic carbocycles. The molecule has 5 heterocycles. The number of amides is 3. The number of hydrogen-bond acceptors (Lipinski definition) is 7. The van der Waals surface area contributed by atoms with Crippen LogP contribution < -0.4 is 10.2 Å². The van der Waals surface area contributed by atoms with E-state index in [9.17, 15) is 14.4 Å². The highest BCUT2D eigenvalue weighted by Gasteiger charge is 2.50. The Bertz CT molecular complexity index is 1420. The largest absolute Gasteiger partial charge is 0.381 e. The number of benzene rings is 1. The lowest BCUT2D eigenvalue weighted by Gasteiger charge is -2.31. The first-order valence-corrected chi connectivity index (χ1v) is 18.0. The van der Waals surface area contributed by atoms with Crippen LogP contribution >= 0.6 is 0 Å². The van der Waals surface area contributed by atoms with Crippen molar-refractivity contribution in [3.63, 3.8) is 0 Å². The van der Waals surface area contributed by atoms with Gasteiger partial charge in [0, 0.05) is 63.5 Å². The minimum Gasteiger partial charge on any atom is -0.381 e. The topological polar surface area (TPSA) is 124 Å². The molecule has 2 unspecified atom stereocenters. The molecule has 268 valence electrons. The van der Waals surface area contributed by atoms with E-state index in [0.29, 0.717) is 56.2 Å². The van der Waals surface area contributed by atoms with E-state index >= 15 is 0 Å². The highest BCUT2D eigenvalue weighted by Crippen LogP contribution is 2.45. The Balaban J connectivity index is 0.000000203. The van der Waals surface area contributed by atoms with E-state index in [0.717, 1.165) is 49.2 Å². The number of hydrogen-bond donors (Lipinski definition) is 1. The van der Waals surface area contributed by atoms with Crippen molar-refractivity contribution < 1.29 is 19.1 Å². The van der Waals surface area contributed by atoms with Gasteiger partial charge in [-0.1, -0.05) is 38.8 Å². The van der Waals surface area contributed by atoms with Crippen LogP contribution in [-0.4, -0.2) is 96.8 Å². The third-order valence-corrected chi connectivity index (χ3v) is 10.4. The third-order valence-electron chi connectivity index (χ3n) is 10.4. The van der Waals surface area contributed by atoms with E-state index in [1.807, 2.05) is 33.5 Å². The Morgan fingerprint density at radius 3 is 2.16 bits per heavy atom. The van der Waals surface area contributed by atoms with Crippen molar-refractivity contribution in [2.45, 2.75) is 103 Å². The van der Waals surface area contributed by atoms with E-state index in [4.69, 9.17) is 15.1 Å². The first-order valence-electron chi connectivity index (χ1n) is 18.0.